The van der Waals surface area contributed by atoms with Crippen LogP contribution in [0.15, 0.2) is 41.3 Å². The van der Waals surface area contributed by atoms with Gasteiger partial charge in [-0.25, -0.2) is 18.0 Å². The number of anilines is 2. The first kappa shape index (κ1) is 26.0. The highest BCUT2D eigenvalue weighted by Crippen LogP contribution is 2.27. The molecule has 0 saturated carbocycles. The fraction of sp³-hybridized carbons (Fsp3) is 0.222. The summed E-state index contributed by atoms with van der Waals surface area (Å²) in [5.41, 5.74) is 1.07. The van der Waals surface area contributed by atoms with Gasteiger partial charge in [0, 0.05) is 24.8 Å². The number of carboxylic acid groups (broad SMARTS) is 2. The Morgan fingerprint density at radius 2 is 1.65 bits per heavy atom. The number of sulfonamides is 1. The number of nitrogens with one attached hydrogen (secondary N) is 1. The molecule has 0 amide bonds. The Bertz CT molecular complexity index is 1090. The number of hydrogen-bond acceptors (Lipinski definition) is 5. The first-order valence-corrected chi connectivity index (χ1v) is 10.1. The third kappa shape index (κ3) is 7.03. The number of nitrogens with zero attached hydrogens (tertiary/aromatic N) is 1. The third-order valence-electron chi connectivity index (χ3n) is 3.71. The Morgan fingerprint density at radius 1 is 1.10 bits per heavy atom. The molecule has 0 fully saturated rings. The standard InChI is InChI=1S/C16H17ClN2O4S.C2HF3O2/c1-10-13(17)5-4-6-15(10)24(22,23)18-11-7-8-14(19(2)3)12(9-11)16(20)21;3-2(4,5)1(6)7/h4-9,18H,1-3H3,(H,20,21);(H,6,7). The highest BCUT2D eigenvalue weighted by atomic mass is 35.5. The minimum atomic E-state index is -5.08. The molecule has 2 aromatic rings. The number of aromatic carboxylic acids is 1. The largest absolute Gasteiger partial charge is 0.490 e. The van der Waals surface area contributed by atoms with Crippen LogP contribution in [-0.4, -0.2) is 50.8 Å². The molecule has 13 heteroatoms. The molecule has 0 spiro atoms. The van der Waals surface area contributed by atoms with Crippen molar-refractivity contribution in [3.05, 3.63) is 52.5 Å². The summed E-state index contributed by atoms with van der Waals surface area (Å²) >= 11 is 5.97. The van der Waals surface area contributed by atoms with Crippen molar-refractivity contribution in [2.75, 3.05) is 23.7 Å². The molecule has 0 radical (unpaired) electrons. The zero-order valence-electron chi connectivity index (χ0n) is 16.4. The van der Waals surface area contributed by atoms with Crippen LogP contribution < -0.4 is 9.62 Å². The molecule has 0 bridgehead atoms. The normalized spacial score (nSPS) is 11.2. The van der Waals surface area contributed by atoms with E-state index in [1.807, 2.05) is 0 Å². The van der Waals surface area contributed by atoms with Crippen molar-refractivity contribution in [1.82, 2.24) is 0 Å². The van der Waals surface area contributed by atoms with E-state index in [0.29, 0.717) is 16.3 Å². The van der Waals surface area contributed by atoms with Crippen molar-refractivity contribution >= 4 is 44.9 Å². The van der Waals surface area contributed by atoms with Gasteiger partial charge in [-0.1, -0.05) is 17.7 Å². The summed E-state index contributed by atoms with van der Waals surface area (Å²) in [6.45, 7) is 1.61. The summed E-state index contributed by atoms with van der Waals surface area (Å²) in [6.07, 6.45) is -5.08. The Balaban J connectivity index is 0.000000592. The van der Waals surface area contributed by atoms with Gasteiger partial charge in [0.1, 0.15) is 0 Å². The zero-order valence-corrected chi connectivity index (χ0v) is 17.9. The molecule has 2 rings (SSSR count). The predicted molar refractivity (Wildman–Crippen MR) is 108 cm³/mol. The third-order valence-corrected chi connectivity index (χ3v) is 5.65. The molecular formula is C18H18ClF3N2O6S. The molecule has 8 nitrogen and oxygen atoms in total. The van der Waals surface area contributed by atoms with Gasteiger partial charge < -0.3 is 15.1 Å². The van der Waals surface area contributed by atoms with Crippen LogP contribution in [0, 0.1) is 6.92 Å². The molecule has 0 atom stereocenters. The molecule has 0 aliphatic carbocycles. The van der Waals surface area contributed by atoms with Crippen LogP contribution in [0.3, 0.4) is 0 Å². The lowest BCUT2D eigenvalue weighted by molar-refractivity contribution is -0.192. The Hall–Kier alpha value is -2.99. The number of alkyl halides is 3. The van der Waals surface area contributed by atoms with Crippen molar-refractivity contribution in [3.8, 4) is 0 Å². The molecule has 170 valence electrons. The van der Waals surface area contributed by atoms with Gasteiger partial charge in [0.15, 0.2) is 0 Å². The van der Waals surface area contributed by atoms with Crippen LogP contribution in [-0.2, 0) is 14.8 Å². The minimum absolute atomic E-state index is 0.00279. The average molecular weight is 483 g/mol. The molecule has 0 aliphatic heterocycles. The summed E-state index contributed by atoms with van der Waals surface area (Å²) in [7, 11) is -0.464. The van der Waals surface area contributed by atoms with Crippen molar-refractivity contribution < 1.29 is 41.4 Å². The van der Waals surface area contributed by atoms with Crippen molar-refractivity contribution in [2.45, 2.75) is 18.0 Å². The van der Waals surface area contributed by atoms with Crippen LogP contribution in [0.25, 0.3) is 0 Å². The summed E-state index contributed by atoms with van der Waals surface area (Å²) in [4.78, 5) is 22.0. The number of halogens is 4. The Labute approximate surface area is 180 Å². The second-order valence-electron chi connectivity index (χ2n) is 6.20. The van der Waals surface area contributed by atoms with Gasteiger partial charge in [-0.2, -0.15) is 13.2 Å². The Kier molecular flexibility index (Phi) is 8.30. The van der Waals surface area contributed by atoms with Crippen molar-refractivity contribution in [3.63, 3.8) is 0 Å². The number of rotatable bonds is 5. The second-order valence-corrected chi connectivity index (χ2v) is 8.26. The maximum absolute atomic E-state index is 12.5. The first-order chi connectivity index (χ1) is 14.1. The van der Waals surface area contributed by atoms with E-state index in [4.69, 9.17) is 21.5 Å². The predicted octanol–water partition coefficient (Wildman–Crippen LogP) is 3.85. The van der Waals surface area contributed by atoms with Gasteiger partial charge in [-0.3, -0.25) is 4.72 Å². The molecule has 0 saturated heterocycles. The molecular weight excluding hydrogens is 465 g/mol. The summed E-state index contributed by atoms with van der Waals surface area (Å²) < 4.78 is 59.2. The minimum Gasteiger partial charge on any atom is -0.478 e. The lowest BCUT2D eigenvalue weighted by atomic mass is 10.1. The van der Waals surface area contributed by atoms with E-state index < -0.39 is 28.1 Å². The monoisotopic (exact) mass is 482 g/mol. The van der Waals surface area contributed by atoms with Gasteiger partial charge in [0.05, 0.1) is 16.1 Å². The van der Waals surface area contributed by atoms with E-state index in [1.54, 1.807) is 44.1 Å². The van der Waals surface area contributed by atoms with Crippen molar-refractivity contribution in [2.24, 2.45) is 0 Å². The van der Waals surface area contributed by atoms with Crippen LogP contribution in [0.5, 0.6) is 0 Å². The average Bonchev–Trinajstić information content (AvgIpc) is 2.62. The highest BCUT2D eigenvalue weighted by Gasteiger charge is 2.38. The van der Waals surface area contributed by atoms with E-state index in [-0.39, 0.29) is 16.1 Å². The molecule has 0 unspecified atom stereocenters. The maximum Gasteiger partial charge on any atom is 0.490 e. The number of aliphatic carboxylic acids is 1. The molecule has 0 heterocycles. The Morgan fingerprint density at radius 3 is 2.10 bits per heavy atom. The van der Waals surface area contributed by atoms with E-state index >= 15 is 0 Å². The second kappa shape index (κ2) is 9.88. The van der Waals surface area contributed by atoms with Gasteiger partial charge in [0.25, 0.3) is 10.0 Å². The highest BCUT2D eigenvalue weighted by molar-refractivity contribution is 7.92. The quantitative estimate of drug-likeness (QED) is 0.591. The zero-order chi connectivity index (χ0) is 24.1. The number of carboxylic acids is 2. The number of hydrogen-bond donors (Lipinski definition) is 3. The van der Waals surface area contributed by atoms with Gasteiger partial charge in [-0.05, 0) is 42.8 Å². The summed E-state index contributed by atoms with van der Waals surface area (Å²) in [5, 5.41) is 16.8. The molecule has 0 aliphatic rings. The van der Waals surface area contributed by atoms with Gasteiger partial charge in [-0.15, -0.1) is 0 Å². The van der Waals surface area contributed by atoms with Crippen molar-refractivity contribution in [1.29, 1.82) is 0 Å². The molecule has 0 aromatic heterocycles. The van der Waals surface area contributed by atoms with Crippen LogP contribution in [0.2, 0.25) is 5.02 Å². The first-order valence-electron chi connectivity index (χ1n) is 8.20. The van der Waals surface area contributed by atoms with Gasteiger partial charge in [0.2, 0.25) is 0 Å². The van der Waals surface area contributed by atoms with Crippen LogP contribution in [0.4, 0.5) is 24.5 Å². The molecule has 2 aromatic carbocycles. The summed E-state index contributed by atoms with van der Waals surface area (Å²) in [5.74, 6) is -3.90. The topological polar surface area (TPSA) is 124 Å². The lowest BCUT2D eigenvalue weighted by Crippen LogP contribution is -2.21. The lowest BCUT2D eigenvalue weighted by Gasteiger charge is -2.17. The van der Waals surface area contributed by atoms with E-state index in [1.165, 1.54) is 18.2 Å². The van der Waals surface area contributed by atoms with Gasteiger partial charge >= 0.3 is 18.1 Å². The fourth-order valence-corrected chi connectivity index (χ4v) is 3.80. The number of carbonyl (C=O) groups is 2. The van der Waals surface area contributed by atoms with Crippen LogP contribution in [0.1, 0.15) is 15.9 Å². The molecule has 31 heavy (non-hydrogen) atoms. The van der Waals surface area contributed by atoms with E-state index in [9.17, 15) is 31.5 Å². The fourth-order valence-electron chi connectivity index (χ4n) is 2.25. The SMILES string of the molecule is Cc1c(Cl)cccc1S(=O)(=O)Nc1ccc(N(C)C)c(C(=O)O)c1.O=C(O)C(F)(F)F. The van der Waals surface area contributed by atoms with E-state index in [0.717, 1.165) is 0 Å². The van der Waals surface area contributed by atoms with Crippen LogP contribution >= 0.6 is 11.6 Å². The maximum atomic E-state index is 12.5. The smallest absolute Gasteiger partial charge is 0.478 e. The number of benzene rings is 2. The summed E-state index contributed by atoms with van der Waals surface area (Å²) in [6, 6.07) is 8.93. The van der Waals surface area contributed by atoms with E-state index in [2.05, 4.69) is 4.72 Å². The molecule has 3 N–H and O–H groups in total.